The summed E-state index contributed by atoms with van der Waals surface area (Å²) >= 11 is 0. The van der Waals surface area contributed by atoms with E-state index in [1.807, 2.05) is 6.92 Å². The molecule has 3 N–H and O–H groups in total. The van der Waals surface area contributed by atoms with E-state index in [9.17, 15) is 8.78 Å². The van der Waals surface area contributed by atoms with Crippen molar-refractivity contribution >= 4 is 0 Å². The van der Waals surface area contributed by atoms with E-state index in [1.54, 1.807) is 6.92 Å². The average Bonchev–Trinajstić information content (AvgIpc) is 2.24. The van der Waals surface area contributed by atoms with Crippen LogP contribution in [-0.4, -0.2) is 12.7 Å². The zero-order valence-electron chi connectivity index (χ0n) is 9.34. The number of nitrogens with two attached hydrogens (primary N) is 1. The normalized spacial score (nSPS) is 14.8. The Morgan fingerprint density at radius 3 is 2.69 bits per heavy atom. The average molecular weight is 230 g/mol. The summed E-state index contributed by atoms with van der Waals surface area (Å²) in [7, 11) is 0. The third kappa shape index (κ3) is 2.98. The van der Waals surface area contributed by atoms with E-state index in [1.165, 1.54) is 0 Å². The van der Waals surface area contributed by atoms with Crippen molar-refractivity contribution in [2.24, 2.45) is 5.84 Å². The Hall–Kier alpha value is -1.04. The van der Waals surface area contributed by atoms with E-state index in [-0.39, 0.29) is 11.7 Å². The lowest BCUT2D eigenvalue weighted by molar-refractivity contribution is 0.0462. The van der Waals surface area contributed by atoms with E-state index >= 15 is 0 Å². The summed E-state index contributed by atoms with van der Waals surface area (Å²) in [5.41, 5.74) is 2.61. The van der Waals surface area contributed by atoms with Gasteiger partial charge in [0.1, 0.15) is 11.6 Å². The van der Waals surface area contributed by atoms with Crippen LogP contribution in [0, 0.1) is 11.6 Å². The third-order valence-electron chi connectivity index (χ3n) is 2.37. The molecule has 0 fully saturated rings. The summed E-state index contributed by atoms with van der Waals surface area (Å²) < 4.78 is 31.8. The van der Waals surface area contributed by atoms with Crippen molar-refractivity contribution in [2.45, 2.75) is 26.0 Å². The summed E-state index contributed by atoms with van der Waals surface area (Å²) in [6.07, 6.45) is -0.341. The van der Waals surface area contributed by atoms with Gasteiger partial charge in [-0.3, -0.25) is 11.3 Å². The summed E-state index contributed by atoms with van der Waals surface area (Å²) in [6.45, 7) is 4.06. The van der Waals surface area contributed by atoms with Gasteiger partial charge in [-0.15, -0.1) is 0 Å². The standard InChI is InChI=1S/C11H16F2N2O/c1-3-16-7(2)11(15-14)9-6-8(12)4-5-10(9)13/h4-7,11,15H,3,14H2,1-2H3. The van der Waals surface area contributed by atoms with E-state index in [0.29, 0.717) is 6.61 Å². The number of hydrogen-bond acceptors (Lipinski definition) is 3. The first-order valence-corrected chi connectivity index (χ1v) is 5.12. The number of halogens is 2. The van der Waals surface area contributed by atoms with E-state index in [2.05, 4.69) is 5.43 Å². The van der Waals surface area contributed by atoms with Gasteiger partial charge in [-0.2, -0.15) is 0 Å². The largest absolute Gasteiger partial charge is 0.377 e. The van der Waals surface area contributed by atoms with Crippen LogP contribution in [0.25, 0.3) is 0 Å². The molecule has 0 saturated carbocycles. The molecular formula is C11H16F2N2O. The molecule has 0 aromatic heterocycles. The van der Waals surface area contributed by atoms with Crippen LogP contribution >= 0.6 is 0 Å². The van der Waals surface area contributed by atoms with Gasteiger partial charge in [-0.25, -0.2) is 8.78 Å². The molecule has 2 unspecified atom stereocenters. The van der Waals surface area contributed by atoms with Gasteiger partial charge in [0.25, 0.3) is 0 Å². The molecule has 0 aliphatic carbocycles. The summed E-state index contributed by atoms with van der Waals surface area (Å²) in [6, 6.07) is 2.69. The molecule has 16 heavy (non-hydrogen) atoms. The smallest absolute Gasteiger partial charge is 0.128 e. The number of hydrazine groups is 1. The van der Waals surface area contributed by atoms with E-state index in [0.717, 1.165) is 18.2 Å². The SMILES string of the molecule is CCOC(C)C(NN)c1cc(F)ccc1F. The summed E-state index contributed by atoms with van der Waals surface area (Å²) in [4.78, 5) is 0. The monoisotopic (exact) mass is 230 g/mol. The number of hydrogen-bond donors (Lipinski definition) is 2. The molecule has 1 aromatic carbocycles. The highest BCUT2D eigenvalue weighted by Gasteiger charge is 2.21. The highest BCUT2D eigenvalue weighted by atomic mass is 19.1. The Balaban J connectivity index is 2.98. The Labute approximate surface area is 93.6 Å². The van der Waals surface area contributed by atoms with Gasteiger partial charge in [0.05, 0.1) is 12.1 Å². The fraction of sp³-hybridized carbons (Fsp3) is 0.455. The van der Waals surface area contributed by atoms with Crippen molar-refractivity contribution in [2.75, 3.05) is 6.61 Å². The van der Waals surface area contributed by atoms with Crippen molar-refractivity contribution in [1.82, 2.24) is 5.43 Å². The summed E-state index contributed by atoms with van der Waals surface area (Å²) in [5, 5.41) is 0. The lowest BCUT2D eigenvalue weighted by Crippen LogP contribution is -2.37. The van der Waals surface area contributed by atoms with Crippen LogP contribution in [0.4, 0.5) is 8.78 Å². The lowest BCUT2D eigenvalue weighted by atomic mass is 10.0. The molecular weight excluding hydrogens is 214 g/mol. The number of ether oxygens (including phenoxy) is 1. The van der Waals surface area contributed by atoms with Gasteiger partial charge in [0.15, 0.2) is 0 Å². The Bertz CT molecular complexity index is 347. The molecule has 90 valence electrons. The zero-order chi connectivity index (χ0) is 12.1. The van der Waals surface area contributed by atoms with Gasteiger partial charge in [-0.1, -0.05) is 0 Å². The Morgan fingerprint density at radius 1 is 1.44 bits per heavy atom. The number of nitrogens with one attached hydrogen (secondary N) is 1. The number of benzene rings is 1. The second kappa shape index (κ2) is 5.89. The van der Waals surface area contributed by atoms with Crippen LogP contribution < -0.4 is 11.3 Å². The first-order valence-electron chi connectivity index (χ1n) is 5.12. The Morgan fingerprint density at radius 2 is 2.12 bits per heavy atom. The highest BCUT2D eigenvalue weighted by Crippen LogP contribution is 2.22. The zero-order valence-corrected chi connectivity index (χ0v) is 9.34. The van der Waals surface area contributed by atoms with E-state index < -0.39 is 17.7 Å². The van der Waals surface area contributed by atoms with E-state index in [4.69, 9.17) is 10.6 Å². The van der Waals surface area contributed by atoms with Crippen LogP contribution in [0.1, 0.15) is 25.5 Å². The maximum absolute atomic E-state index is 13.5. The molecule has 1 aromatic rings. The molecule has 0 radical (unpaired) electrons. The predicted octanol–water partition coefficient (Wildman–Crippen LogP) is 1.89. The first kappa shape index (κ1) is 13.0. The van der Waals surface area contributed by atoms with Crippen LogP contribution in [0.5, 0.6) is 0 Å². The molecule has 3 nitrogen and oxygen atoms in total. The Kier molecular flexibility index (Phi) is 4.79. The van der Waals surface area contributed by atoms with Crippen LogP contribution in [0.3, 0.4) is 0 Å². The molecule has 0 spiro atoms. The minimum absolute atomic E-state index is 0.170. The van der Waals surface area contributed by atoms with Gasteiger partial charge in [0, 0.05) is 12.2 Å². The highest BCUT2D eigenvalue weighted by molar-refractivity contribution is 5.23. The fourth-order valence-electron chi connectivity index (χ4n) is 1.59. The van der Waals surface area contributed by atoms with Crippen molar-refractivity contribution in [3.63, 3.8) is 0 Å². The maximum Gasteiger partial charge on any atom is 0.128 e. The summed E-state index contributed by atoms with van der Waals surface area (Å²) in [5.74, 6) is 4.33. The second-order valence-electron chi connectivity index (χ2n) is 3.47. The molecule has 0 aliphatic rings. The van der Waals surface area contributed by atoms with Crippen molar-refractivity contribution in [3.8, 4) is 0 Å². The van der Waals surface area contributed by atoms with Crippen molar-refractivity contribution in [1.29, 1.82) is 0 Å². The van der Waals surface area contributed by atoms with Crippen LogP contribution in [0.15, 0.2) is 18.2 Å². The molecule has 2 atom stereocenters. The quantitative estimate of drug-likeness (QED) is 0.600. The number of rotatable bonds is 5. The molecule has 5 heteroatoms. The second-order valence-corrected chi connectivity index (χ2v) is 3.47. The van der Waals surface area contributed by atoms with Gasteiger partial charge < -0.3 is 4.74 Å². The topological polar surface area (TPSA) is 47.3 Å². The molecule has 0 heterocycles. The van der Waals surface area contributed by atoms with Gasteiger partial charge in [0.2, 0.25) is 0 Å². The van der Waals surface area contributed by atoms with Gasteiger partial charge in [-0.05, 0) is 32.0 Å². The first-order chi connectivity index (χ1) is 7.60. The molecule has 0 aliphatic heterocycles. The maximum atomic E-state index is 13.5. The van der Waals surface area contributed by atoms with Crippen molar-refractivity contribution in [3.05, 3.63) is 35.4 Å². The fourth-order valence-corrected chi connectivity index (χ4v) is 1.59. The van der Waals surface area contributed by atoms with Gasteiger partial charge >= 0.3 is 0 Å². The lowest BCUT2D eigenvalue weighted by Gasteiger charge is -2.23. The molecule has 1 rings (SSSR count). The van der Waals surface area contributed by atoms with Crippen LogP contribution in [-0.2, 0) is 4.74 Å². The minimum atomic E-state index is -0.573. The molecule has 0 amide bonds. The predicted molar refractivity (Wildman–Crippen MR) is 57.5 cm³/mol. The molecule has 0 saturated heterocycles. The van der Waals surface area contributed by atoms with Crippen LogP contribution in [0.2, 0.25) is 0 Å². The molecule has 0 bridgehead atoms. The van der Waals surface area contributed by atoms with Crippen molar-refractivity contribution < 1.29 is 13.5 Å². The third-order valence-corrected chi connectivity index (χ3v) is 2.37. The minimum Gasteiger partial charge on any atom is -0.377 e.